The van der Waals surface area contributed by atoms with Crippen LogP contribution in [-0.4, -0.2) is 29.8 Å². The Balaban J connectivity index is 1.66. The monoisotopic (exact) mass is 222 g/mol. The summed E-state index contributed by atoms with van der Waals surface area (Å²) in [7, 11) is 0. The Bertz CT molecular complexity index is 319. The topological polar surface area (TPSA) is 52.7 Å². The maximum atomic E-state index is 4.37. The van der Waals surface area contributed by atoms with Gasteiger partial charge < -0.3 is 10.6 Å². The van der Waals surface area contributed by atoms with E-state index in [1.54, 1.807) is 0 Å². The molecule has 0 unspecified atom stereocenters. The molecule has 0 amide bonds. The number of nitrogens with one attached hydrogen (secondary N) is 3. The molecule has 0 saturated heterocycles. The molecular formula is C12H22N4. The van der Waals surface area contributed by atoms with Crippen molar-refractivity contribution < 1.29 is 0 Å². The van der Waals surface area contributed by atoms with Gasteiger partial charge in [-0.3, -0.25) is 5.10 Å². The Morgan fingerprint density at radius 1 is 1.25 bits per heavy atom. The number of nitrogens with zero attached hydrogens (tertiary/aromatic N) is 1. The van der Waals surface area contributed by atoms with Crippen molar-refractivity contribution in [2.75, 3.05) is 19.6 Å². The molecule has 16 heavy (non-hydrogen) atoms. The van der Waals surface area contributed by atoms with Crippen LogP contribution < -0.4 is 10.6 Å². The molecule has 0 spiro atoms. The van der Waals surface area contributed by atoms with Gasteiger partial charge in [-0.25, -0.2) is 0 Å². The fourth-order valence-electron chi connectivity index (χ4n) is 2.26. The number of hydrogen-bond donors (Lipinski definition) is 3. The van der Waals surface area contributed by atoms with Gasteiger partial charge in [0.2, 0.25) is 0 Å². The summed E-state index contributed by atoms with van der Waals surface area (Å²) in [5.41, 5.74) is 4.07. The van der Waals surface area contributed by atoms with Crippen LogP contribution in [0.25, 0.3) is 0 Å². The Morgan fingerprint density at radius 3 is 3.00 bits per heavy atom. The third-order valence-electron chi connectivity index (χ3n) is 3.14. The standard InChI is InChI=1S/C12H22N4/c1-2-13-7-4-8-14-9-12-10-5-3-6-11(10)15-16-12/h13-14H,2-9H2,1H3,(H,15,16). The molecule has 2 rings (SSSR count). The van der Waals surface area contributed by atoms with Gasteiger partial charge in [-0.15, -0.1) is 0 Å². The van der Waals surface area contributed by atoms with Crippen LogP contribution in [0, 0.1) is 0 Å². The predicted molar refractivity (Wildman–Crippen MR) is 65.5 cm³/mol. The first-order valence-electron chi connectivity index (χ1n) is 6.38. The van der Waals surface area contributed by atoms with Crippen LogP contribution in [0.2, 0.25) is 0 Å². The van der Waals surface area contributed by atoms with Crippen LogP contribution in [-0.2, 0) is 19.4 Å². The van der Waals surface area contributed by atoms with Gasteiger partial charge >= 0.3 is 0 Å². The van der Waals surface area contributed by atoms with Crippen LogP contribution in [0.4, 0.5) is 0 Å². The summed E-state index contributed by atoms with van der Waals surface area (Å²) in [6.07, 6.45) is 4.86. The Kier molecular flexibility index (Phi) is 4.36. The molecule has 0 radical (unpaired) electrons. The quantitative estimate of drug-likeness (QED) is 0.603. The molecule has 0 bridgehead atoms. The molecule has 1 heterocycles. The zero-order chi connectivity index (χ0) is 11.2. The molecule has 0 aliphatic heterocycles. The van der Waals surface area contributed by atoms with Gasteiger partial charge in [0.25, 0.3) is 0 Å². The zero-order valence-corrected chi connectivity index (χ0v) is 10.1. The SMILES string of the molecule is CCNCCCNCc1n[nH]c2c1CCC2. The molecule has 3 N–H and O–H groups in total. The second-order valence-corrected chi connectivity index (χ2v) is 4.36. The van der Waals surface area contributed by atoms with Crippen molar-refractivity contribution in [2.45, 2.75) is 39.2 Å². The summed E-state index contributed by atoms with van der Waals surface area (Å²) < 4.78 is 0. The van der Waals surface area contributed by atoms with Crippen molar-refractivity contribution in [3.05, 3.63) is 17.0 Å². The number of aromatic amines is 1. The first-order chi connectivity index (χ1) is 7.92. The summed E-state index contributed by atoms with van der Waals surface area (Å²) in [5.74, 6) is 0. The third kappa shape index (κ3) is 2.83. The normalized spacial score (nSPS) is 14.3. The number of rotatable bonds is 7. The fourth-order valence-corrected chi connectivity index (χ4v) is 2.26. The van der Waals surface area contributed by atoms with Crippen LogP contribution in [0.5, 0.6) is 0 Å². The van der Waals surface area contributed by atoms with E-state index >= 15 is 0 Å². The van der Waals surface area contributed by atoms with E-state index in [-0.39, 0.29) is 0 Å². The van der Waals surface area contributed by atoms with E-state index in [4.69, 9.17) is 0 Å². The van der Waals surface area contributed by atoms with Crippen molar-refractivity contribution in [3.8, 4) is 0 Å². The van der Waals surface area contributed by atoms with Crippen LogP contribution in [0.1, 0.15) is 36.7 Å². The first-order valence-corrected chi connectivity index (χ1v) is 6.38. The number of fused-ring (bicyclic) bond motifs is 1. The first kappa shape index (κ1) is 11.6. The minimum atomic E-state index is 0.915. The van der Waals surface area contributed by atoms with Crippen molar-refractivity contribution in [1.29, 1.82) is 0 Å². The van der Waals surface area contributed by atoms with Gasteiger partial charge in [-0.1, -0.05) is 6.92 Å². The average molecular weight is 222 g/mol. The van der Waals surface area contributed by atoms with Gasteiger partial charge in [-0.05, 0) is 50.9 Å². The highest BCUT2D eigenvalue weighted by atomic mass is 15.1. The summed E-state index contributed by atoms with van der Waals surface area (Å²) in [5, 5.41) is 14.3. The van der Waals surface area contributed by atoms with Crippen molar-refractivity contribution in [1.82, 2.24) is 20.8 Å². The van der Waals surface area contributed by atoms with Crippen molar-refractivity contribution in [3.63, 3.8) is 0 Å². The van der Waals surface area contributed by atoms with Gasteiger partial charge in [-0.2, -0.15) is 5.10 Å². The van der Waals surface area contributed by atoms with Gasteiger partial charge in [0, 0.05) is 12.2 Å². The molecule has 0 fully saturated rings. The highest BCUT2D eigenvalue weighted by Gasteiger charge is 2.17. The lowest BCUT2D eigenvalue weighted by Crippen LogP contribution is -2.21. The average Bonchev–Trinajstić information content (AvgIpc) is 2.87. The molecule has 1 aromatic rings. The molecular weight excluding hydrogens is 200 g/mol. The van der Waals surface area contributed by atoms with E-state index in [0.717, 1.165) is 26.2 Å². The Labute approximate surface area is 97.2 Å². The molecule has 1 aliphatic rings. The smallest absolute Gasteiger partial charge is 0.0794 e. The Morgan fingerprint density at radius 2 is 2.12 bits per heavy atom. The number of aromatic nitrogens is 2. The highest BCUT2D eigenvalue weighted by molar-refractivity contribution is 5.29. The molecule has 4 nitrogen and oxygen atoms in total. The van der Waals surface area contributed by atoms with Gasteiger partial charge in [0.1, 0.15) is 0 Å². The number of hydrogen-bond acceptors (Lipinski definition) is 3. The highest BCUT2D eigenvalue weighted by Crippen LogP contribution is 2.22. The molecule has 0 atom stereocenters. The summed E-state index contributed by atoms with van der Waals surface area (Å²) in [6, 6.07) is 0. The maximum Gasteiger partial charge on any atom is 0.0794 e. The molecule has 0 saturated carbocycles. The van der Waals surface area contributed by atoms with Gasteiger partial charge in [0.15, 0.2) is 0 Å². The summed E-state index contributed by atoms with van der Waals surface area (Å²) >= 11 is 0. The molecule has 90 valence electrons. The molecule has 0 aromatic carbocycles. The van der Waals surface area contributed by atoms with E-state index in [2.05, 4.69) is 27.8 Å². The number of H-pyrrole nitrogens is 1. The van der Waals surface area contributed by atoms with E-state index < -0.39 is 0 Å². The zero-order valence-electron chi connectivity index (χ0n) is 10.1. The summed E-state index contributed by atoms with van der Waals surface area (Å²) in [6.45, 7) is 6.28. The minimum absolute atomic E-state index is 0.915. The van der Waals surface area contributed by atoms with Crippen molar-refractivity contribution in [2.24, 2.45) is 0 Å². The lowest BCUT2D eigenvalue weighted by Gasteiger charge is -2.04. The lowest BCUT2D eigenvalue weighted by atomic mass is 10.2. The van der Waals surface area contributed by atoms with E-state index in [9.17, 15) is 0 Å². The van der Waals surface area contributed by atoms with Crippen LogP contribution in [0.15, 0.2) is 0 Å². The van der Waals surface area contributed by atoms with Crippen LogP contribution in [0.3, 0.4) is 0 Å². The van der Waals surface area contributed by atoms with Crippen molar-refractivity contribution >= 4 is 0 Å². The van der Waals surface area contributed by atoms with Crippen LogP contribution >= 0.6 is 0 Å². The fraction of sp³-hybridized carbons (Fsp3) is 0.750. The molecule has 1 aliphatic carbocycles. The van der Waals surface area contributed by atoms with E-state index in [1.165, 1.54) is 42.6 Å². The van der Waals surface area contributed by atoms with Gasteiger partial charge in [0.05, 0.1) is 5.69 Å². The Hall–Kier alpha value is -0.870. The maximum absolute atomic E-state index is 4.37. The minimum Gasteiger partial charge on any atom is -0.317 e. The van der Waals surface area contributed by atoms with E-state index in [0.29, 0.717) is 0 Å². The molecule has 4 heteroatoms. The molecule has 1 aromatic heterocycles. The second-order valence-electron chi connectivity index (χ2n) is 4.36. The number of aryl methyl sites for hydroxylation is 1. The predicted octanol–water partition coefficient (Wildman–Crippen LogP) is 0.988. The van der Waals surface area contributed by atoms with E-state index in [1.807, 2.05) is 0 Å². The third-order valence-corrected chi connectivity index (χ3v) is 3.14. The summed E-state index contributed by atoms with van der Waals surface area (Å²) in [4.78, 5) is 0. The lowest BCUT2D eigenvalue weighted by molar-refractivity contribution is 0.599. The largest absolute Gasteiger partial charge is 0.317 e. The second kappa shape index (κ2) is 6.01.